The molecule has 1 aromatic heterocycles. The summed E-state index contributed by atoms with van der Waals surface area (Å²) in [4.78, 5) is 42.9. The molecular formula is C34H37N5O3. The van der Waals surface area contributed by atoms with Gasteiger partial charge < -0.3 is 20.5 Å². The molecular weight excluding hydrogens is 526 g/mol. The van der Waals surface area contributed by atoms with Gasteiger partial charge in [-0.3, -0.25) is 14.4 Å². The standard InChI is InChI=1S/C34H37N5O3/c1-5-20-35-31(40)23-12-16-26(17-13-23)36-30-33(42)39(4)21-29(37-30)27-8-6-9-28(22(27)2)38-32(41)24-10-14-25(15-11-24)34(3)18-7-19-34/h6,8-17,21H,5,7,18-20H2,1-4H3,(H,35,40)(H,36,37)(H,38,41). The fourth-order valence-corrected chi connectivity index (χ4v) is 5.26. The van der Waals surface area contributed by atoms with Crippen LogP contribution in [0.3, 0.4) is 0 Å². The van der Waals surface area contributed by atoms with E-state index in [-0.39, 0.29) is 28.6 Å². The third-order valence-corrected chi connectivity index (χ3v) is 8.18. The summed E-state index contributed by atoms with van der Waals surface area (Å²) in [6.07, 6.45) is 6.17. The van der Waals surface area contributed by atoms with E-state index in [0.29, 0.717) is 34.7 Å². The molecule has 42 heavy (non-hydrogen) atoms. The number of aromatic nitrogens is 2. The van der Waals surface area contributed by atoms with Crippen molar-refractivity contribution >= 4 is 29.0 Å². The SMILES string of the molecule is CCCNC(=O)c1ccc(Nc2nc(-c3cccc(NC(=O)c4ccc(C5(C)CCC5)cc4)c3C)cn(C)c2=O)cc1. The number of carbonyl (C=O) groups is 2. The molecule has 1 fully saturated rings. The van der Waals surface area contributed by atoms with Gasteiger partial charge >= 0.3 is 0 Å². The van der Waals surface area contributed by atoms with Gasteiger partial charge in [-0.15, -0.1) is 0 Å². The molecule has 8 nitrogen and oxygen atoms in total. The first-order valence-corrected chi connectivity index (χ1v) is 14.4. The van der Waals surface area contributed by atoms with Gasteiger partial charge in [-0.25, -0.2) is 4.98 Å². The molecule has 3 aromatic carbocycles. The molecule has 5 rings (SSSR count). The van der Waals surface area contributed by atoms with E-state index < -0.39 is 0 Å². The van der Waals surface area contributed by atoms with Crippen molar-refractivity contribution in [1.82, 2.24) is 14.9 Å². The Bertz CT molecular complexity index is 1670. The van der Waals surface area contributed by atoms with Gasteiger partial charge in [0, 0.05) is 47.9 Å². The van der Waals surface area contributed by atoms with Gasteiger partial charge in [0.25, 0.3) is 17.4 Å². The Balaban J connectivity index is 1.35. The lowest BCUT2D eigenvalue weighted by molar-refractivity contribution is 0.0952. The van der Waals surface area contributed by atoms with Crippen molar-refractivity contribution in [2.75, 3.05) is 17.2 Å². The average Bonchev–Trinajstić information content (AvgIpc) is 2.98. The Labute approximate surface area is 246 Å². The summed E-state index contributed by atoms with van der Waals surface area (Å²) < 4.78 is 1.48. The molecule has 1 saturated carbocycles. The summed E-state index contributed by atoms with van der Waals surface area (Å²) in [6.45, 7) is 6.81. The monoisotopic (exact) mass is 563 g/mol. The number of benzene rings is 3. The molecule has 0 unspecified atom stereocenters. The van der Waals surface area contributed by atoms with Gasteiger partial charge in [0.05, 0.1) is 5.69 Å². The largest absolute Gasteiger partial charge is 0.352 e. The van der Waals surface area contributed by atoms with E-state index in [2.05, 4.69) is 40.0 Å². The number of amides is 2. The molecule has 1 aliphatic carbocycles. The molecule has 1 aliphatic rings. The van der Waals surface area contributed by atoms with Gasteiger partial charge in [0.2, 0.25) is 0 Å². The molecule has 0 spiro atoms. The van der Waals surface area contributed by atoms with Gasteiger partial charge in [-0.2, -0.15) is 0 Å². The van der Waals surface area contributed by atoms with E-state index in [9.17, 15) is 14.4 Å². The molecule has 0 atom stereocenters. The fourth-order valence-electron chi connectivity index (χ4n) is 5.26. The van der Waals surface area contributed by atoms with Crippen LogP contribution in [-0.2, 0) is 12.5 Å². The minimum absolute atomic E-state index is 0.137. The molecule has 1 heterocycles. The minimum atomic E-state index is -0.287. The Morgan fingerprint density at radius 1 is 0.952 bits per heavy atom. The number of carbonyl (C=O) groups excluding carboxylic acids is 2. The highest BCUT2D eigenvalue weighted by Crippen LogP contribution is 2.43. The van der Waals surface area contributed by atoms with Gasteiger partial charge in [-0.05, 0) is 85.2 Å². The second kappa shape index (κ2) is 12.0. The van der Waals surface area contributed by atoms with Crippen molar-refractivity contribution in [1.29, 1.82) is 0 Å². The first-order chi connectivity index (χ1) is 20.2. The Morgan fingerprint density at radius 3 is 2.26 bits per heavy atom. The van der Waals surface area contributed by atoms with Crippen molar-refractivity contribution in [3.05, 3.63) is 106 Å². The summed E-state index contributed by atoms with van der Waals surface area (Å²) in [7, 11) is 1.68. The van der Waals surface area contributed by atoms with Crippen LogP contribution in [0, 0.1) is 6.92 Å². The van der Waals surface area contributed by atoms with Crippen molar-refractivity contribution in [3.8, 4) is 11.3 Å². The highest BCUT2D eigenvalue weighted by Gasteiger charge is 2.33. The van der Waals surface area contributed by atoms with Crippen LogP contribution in [0.4, 0.5) is 17.2 Å². The van der Waals surface area contributed by atoms with E-state index in [0.717, 1.165) is 17.5 Å². The normalized spacial score (nSPS) is 13.6. The number of hydrogen-bond acceptors (Lipinski definition) is 5. The van der Waals surface area contributed by atoms with Crippen LogP contribution in [-0.4, -0.2) is 27.9 Å². The second-order valence-corrected chi connectivity index (χ2v) is 11.3. The summed E-state index contributed by atoms with van der Waals surface area (Å²) in [5.74, 6) is -0.155. The molecule has 2 amide bonds. The number of aryl methyl sites for hydroxylation is 1. The van der Waals surface area contributed by atoms with Crippen LogP contribution in [0.1, 0.15) is 71.4 Å². The smallest absolute Gasteiger partial charge is 0.293 e. The van der Waals surface area contributed by atoms with Crippen molar-refractivity contribution < 1.29 is 9.59 Å². The summed E-state index contributed by atoms with van der Waals surface area (Å²) in [6, 6.07) is 20.5. The van der Waals surface area contributed by atoms with Crippen molar-refractivity contribution in [3.63, 3.8) is 0 Å². The number of hydrogen-bond donors (Lipinski definition) is 3. The van der Waals surface area contributed by atoms with Crippen LogP contribution < -0.4 is 21.5 Å². The maximum absolute atomic E-state index is 13.1. The lowest BCUT2D eigenvalue weighted by Gasteiger charge is -2.39. The zero-order valence-electron chi connectivity index (χ0n) is 24.6. The van der Waals surface area contributed by atoms with Crippen LogP contribution >= 0.6 is 0 Å². The number of rotatable bonds is 9. The van der Waals surface area contributed by atoms with Gasteiger partial charge in [0.15, 0.2) is 5.82 Å². The zero-order valence-corrected chi connectivity index (χ0v) is 24.6. The third-order valence-electron chi connectivity index (χ3n) is 8.18. The fraction of sp³-hybridized carbons (Fsp3) is 0.294. The first-order valence-electron chi connectivity index (χ1n) is 14.4. The van der Waals surface area contributed by atoms with Crippen molar-refractivity contribution in [2.45, 2.75) is 51.9 Å². The van der Waals surface area contributed by atoms with E-state index in [1.807, 2.05) is 44.2 Å². The van der Waals surface area contributed by atoms with Gasteiger partial charge in [-0.1, -0.05) is 44.5 Å². The molecule has 216 valence electrons. The average molecular weight is 564 g/mol. The maximum atomic E-state index is 13.1. The lowest BCUT2D eigenvalue weighted by atomic mass is 9.66. The third kappa shape index (κ3) is 5.98. The highest BCUT2D eigenvalue weighted by molar-refractivity contribution is 6.05. The minimum Gasteiger partial charge on any atom is -0.352 e. The molecule has 0 aliphatic heterocycles. The summed E-state index contributed by atoms with van der Waals surface area (Å²) in [5, 5.41) is 9.00. The summed E-state index contributed by atoms with van der Waals surface area (Å²) in [5.41, 5.74) is 5.90. The van der Waals surface area contributed by atoms with Crippen LogP contribution in [0.2, 0.25) is 0 Å². The van der Waals surface area contributed by atoms with E-state index >= 15 is 0 Å². The number of nitrogens with zero attached hydrogens (tertiary/aromatic N) is 2. The number of nitrogens with one attached hydrogen (secondary N) is 3. The van der Waals surface area contributed by atoms with Crippen LogP contribution in [0.25, 0.3) is 11.3 Å². The highest BCUT2D eigenvalue weighted by atomic mass is 16.2. The topological polar surface area (TPSA) is 105 Å². The molecule has 0 bridgehead atoms. The molecule has 8 heteroatoms. The van der Waals surface area contributed by atoms with E-state index in [4.69, 9.17) is 0 Å². The molecule has 3 N–H and O–H groups in total. The zero-order chi connectivity index (χ0) is 29.9. The first kappa shape index (κ1) is 28.8. The lowest BCUT2D eigenvalue weighted by Crippen LogP contribution is -2.30. The Kier molecular flexibility index (Phi) is 8.24. The Morgan fingerprint density at radius 2 is 1.62 bits per heavy atom. The van der Waals surface area contributed by atoms with E-state index in [1.54, 1.807) is 37.5 Å². The van der Waals surface area contributed by atoms with E-state index in [1.165, 1.54) is 29.4 Å². The molecule has 0 radical (unpaired) electrons. The molecule has 4 aromatic rings. The molecule has 0 saturated heterocycles. The quantitative estimate of drug-likeness (QED) is 0.221. The Hall–Kier alpha value is -4.72. The maximum Gasteiger partial charge on any atom is 0.293 e. The van der Waals surface area contributed by atoms with Gasteiger partial charge in [0.1, 0.15) is 0 Å². The predicted molar refractivity (Wildman–Crippen MR) is 168 cm³/mol. The van der Waals surface area contributed by atoms with Crippen LogP contribution in [0.5, 0.6) is 0 Å². The summed E-state index contributed by atoms with van der Waals surface area (Å²) >= 11 is 0. The number of anilines is 3. The van der Waals surface area contributed by atoms with Crippen LogP contribution in [0.15, 0.2) is 77.7 Å². The van der Waals surface area contributed by atoms with Crippen molar-refractivity contribution in [2.24, 2.45) is 7.05 Å². The predicted octanol–water partition coefficient (Wildman–Crippen LogP) is 6.33. The second-order valence-electron chi connectivity index (χ2n) is 11.3.